The van der Waals surface area contributed by atoms with E-state index in [0.717, 1.165) is 15.4 Å². The molecule has 108 valence electrons. The highest BCUT2D eigenvalue weighted by molar-refractivity contribution is 7.19. The highest BCUT2D eigenvalue weighted by Gasteiger charge is 2.14. The molecule has 0 unspecified atom stereocenters. The normalized spacial score (nSPS) is 11.0. The Morgan fingerprint density at radius 2 is 1.90 bits per heavy atom. The number of nitrogen functional groups attached to an aromatic ring is 1. The molecule has 0 radical (unpaired) electrons. The molecule has 0 spiro atoms. The van der Waals surface area contributed by atoms with Crippen molar-refractivity contribution in [3.8, 4) is 10.8 Å². The first kappa shape index (κ1) is 13.8. The number of anilines is 1. The van der Waals surface area contributed by atoms with E-state index in [-0.39, 0.29) is 0 Å². The molecule has 3 aromatic rings. The zero-order valence-electron chi connectivity index (χ0n) is 12.3. The number of benzene rings is 1. The maximum Gasteiger partial charge on any atom is 0.268 e. The molecule has 0 amide bonds. The monoisotopic (exact) mass is 299 g/mol. The summed E-state index contributed by atoms with van der Waals surface area (Å²) in [7, 11) is 0. The van der Waals surface area contributed by atoms with E-state index in [9.17, 15) is 0 Å². The molecule has 0 bridgehead atoms. The summed E-state index contributed by atoms with van der Waals surface area (Å²) in [5.74, 6) is 1.24. The lowest BCUT2D eigenvalue weighted by Gasteiger charge is -2.02. The van der Waals surface area contributed by atoms with Crippen LogP contribution in [0.15, 0.2) is 28.8 Å². The number of hydrogen-bond donors (Lipinski definition) is 1. The van der Waals surface area contributed by atoms with E-state index in [4.69, 9.17) is 10.3 Å². The molecule has 0 saturated heterocycles. The molecule has 2 aromatic heterocycles. The van der Waals surface area contributed by atoms with Crippen LogP contribution in [0.1, 0.15) is 28.1 Å². The number of aromatic nitrogens is 2. The summed E-state index contributed by atoms with van der Waals surface area (Å²) in [6, 6.07) is 8.31. The lowest BCUT2D eigenvalue weighted by Crippen LogP contribution is -1.92. The van der Waals surface area contributed by atoms with Crippen LogP contribution in [-0.4, -0.2) is 10.1 Å². The van der Waals surface area contributed by atoms with Gasteiger partial charge in [0.15, 0.2) is 5.82 Å². The molecule has 1 aromatic carbocycles. The number of nitrogens with two attached hydrogens (primary N) is 1. The molecular formula is C16H17N3OS. The fraction of sp³-hybridized carbons (Fsp3) is 0.250. The van der Waals surface area contributed by atoms with Crippen molar-refractivity contribution in [2.45, 2.75) is 27.2 Å². The van der Waals surface area contributed by atoms with Gasteiger partial charge < -0.3 is 10.3 Å². The highest BCUT2D eigenvalue weighted by Crippen LogP contribution is 2.32. The van der Waals surface area contributed by atoms with E-state index in [1.807, 2.05) is 13.0 Å². The van der Waals surface area contributed by atoms with Crippen molar-refractivity contribution in [1.82, 2.24) is 10.1 Å². The maximum atomic E-state index is 5.81. The van der Waals surface area contributed by atoms with E-state index in [2.05, 4.69) is 42.2 Å². The van der Waals surface area contributed by atoms with Gasteiger partial charge in [0, 0.05) is 6.42 Å². The maximum absolute atomic E-state index is 5.81. The summed E-state index contributed by atoms with van der Waals surface area (Å²) in [4.78, 5) is 5.43. The highest BCUT2D eigenvalue weighted by atomic mass is 32.1. The van der Waals surface area contributed by atoms with Crippen LogP contribution < -0.4 is 5.73 Å². The minimum absolute atomic E-state index is 0.549. The minimum Gasteiger partial charge on any atom is -0.391 e. The topological polar surface area (TPSA) is 64.9 Å². The Hall–Kier alpha value is -2.14. The minimum atomic E-state index is 0.549. The first-order valence-corrected chi connectivity index (χ1v) is 7.59. The molecule has 0 aliphatic rings. The molecule has 21 heavy (non-hydrogen) atoms. The Bertz CT molecular complexity index is 789. The van der Waals surface area contributed by atoms with Crippen molar-refractivity contribution in [2.75, 3.05) is 5.73 Å². The number of thiophene rings is 1. The van der Waals surface area contributed by atoms with Gasteiger partial charge in [-0.2, -0.15) is 4.98 Å². The summed E-state index contributed by atoms with van der Waals surface area (Å²) < 4.78 is 5.36. The fourth-order valence-electron chi connectivity index (χ4n) is 2.23. The number of aryl methyl sites for hydroxylation is 3. The second-order valence-electron chi connectivity index (χ2n) is 5.27. The van der Waals surface area contributed by atoms with E-state index < -0.39 is 0 Å². The molecule has 0 fully saturated rings. The SMILES string of the molecule is Cc1ccc(Cc2noc(-c3sc(N)cc3C)n2)cc1C. The van der Waals surface area contributed by atoms with Crippen LogP contribution in [0.2, 0.25) is 0 Å². The number of rotatable bonds is 3. The Kier molecular flexibility index (Phi) is 3.51. The predicted octanol–water partition coefficient (Wildman–Crippen LogP) is 3.90. The first-order chi connectivity index (χ1) is 10.0. The summed E-state index contributed by atoms with van der Waals surface area (Å²) in [5.41, 5.74) is 10.6. The van der Waals surface area contributed by atoms with Crippen molar-refractivity contribution in [3.63, 3.8) is 0 Å². The molecule has 0 aliphatic carbocycles. The predicted molar refractivity (Wildman–Crippen MR) is 85.5 cm³/mol. The second-order valence-corrected chi connectivity index (χ2v) is 6.36. The Morgan fingerprint density at radius 3 is 2.57 bits per heavy atom. The third-order valence-corrected chi connectivity index (χ3v) is 4.59. The van der Waals surface area contributed by atoms with Gasteiger partial charge in [-0.3, -0.25) is 0 Å². The molecule has 0 saturated carbocycles. The third kappa shape index (κ3) is 2.83. The van der Waals surface area contributed by atoms with Gasteiger partial charge in [-0.05, 0) is 49.1 Å². The molecule has 2 heterocycles. The van der Waals surface area contributed by atoms with Gasteiger partial charge in [0.05, 0.1) is 9.88 Å². The molecule has 0 aliphatic heterocycles. The number of nitrogens with zero attached hydrogens (tertiary/aromatic N) is 2. The van der Waals surface area contributed by atoms with Crippen LogP contribution in [0.3, 0.4) is 0 Å². The standard InChI is InChI=1S/C16H17N3OS/c1-9-4-5-12(6-10(9)2)8-14-18-16(20-19-14)15-11(3)7-13(17)21-15/h4-7H,8,17H2,1-3H3. The van der Waals surface area contributed by atoms with Crippen molar-refractivity contribution in [2.24, 2.45) is 0 Å². The Labute approximate surface area is 127 Å². The zero-order chi connectivity index (χ0) is 15.0. The summed E-state index contributed by atoms with van der Waals surface area (Å²) in [5, 5.41) is 4.83. The fourth-order valence-corrected chi connectivity index (χ4v) is 3.09. The lowest BCUT2D eigenvalue weighted by atomic mass is 10.0. The molecular weight excluding hydrogens is 282 g/mol. The van der Waals surface area contributed by atoms with E-state index in [1.165, 1.54) is 28.0 Å². The Balaban J connectivity index is 1.85. The third-order valence-electron chi connectivity index (χ3n) is 3.53. The van der Waals surface area contributed by atoms with E-state index in [1.54, 1.807) is 0 Å². The van der Waals surface area contributed by atoms with E-state index in [0.29, 0.717) is 18.1 Å². The average Bonchev–Trinajstić information content (AvgIpc) is 3.00. The molecule has 3 rings (SSSR count). The molecule has 2 N–H and O–H groups in total. The van der Waals surface area contributed by atoms with Crippen LogP contribution in [-0.2, 0) is 6.42 Å². The first-order valence-electron chi connectivity index (χ1n) is 6.78. The van der Waals surface area contributed by atoms with Crippen molar-refractivity contribution in [3.05, 3.63) is 52.3 Å². The second kappa shape index (κ2) is 5.33. The van der Waals surface area contributed by atoms with Gasteiger partial charge in [-0.15, -0.1) is 11.3 Å². The van der Waals surface area contributed by atoms with Gasteiger partial charge in [-0.25, -0.2) is 0 Å². The van der Waals surface area contributed by atoms with Crippen LogP contribution in [0.25, 0.3) is 10.8 Å². The van der Waals surface area contributed by atoms with Crippen LogP contribution >= 0.6 is 11.3 Å². The van der Waals surface area contributed by atoms with Gasteiger partial charge in [0.25, 0.3) is 5.89 Å². The van der Waals surface area contributed by atoms with Crippen LogP contribution in [0.4, 0.5) is 5.00 Å². The van der Waals surface area contributed by atoms with Crippen LogP contribution in [0.5, 0.6) is 0 Å². The molecule has 4 nitrogen and oxygen atoms in total. The lowest BCUT2D eigenvalue weighted by molar-refractivity contribution is 0.424. The smallest absolute Gasteiger partial charge is 0.268 e. The van der Waals surface area contributed by atoms with Crippen molar-refractivity contribution in [1.29, 1.82) is 0 Å². The van der Waals surface area contributed by atoms with Crippen LogP contribution in [0, 0.1) is 20.8 Å². The zero-order valence-corrected chi connectivity index (χ0v) is 13.1. The quantitative estimate of drug-likeness (QED) is 0.796. The van der Waals surface area contributed by atoms with Gasteiger partial charge in [0.1, 0.15) is 0 Å². The number of hydrogen-bond acceptors (Lipinski definition) is 5. The Morgan fingerprint density at radius 1 is 1.10 bits per heavy atom. The summed E-state index contributed by atoms with van der Waals surface area (Å²) in [6.07, 6.45) is 0.671. The largest absolute Gasteiger partial charge is 0.391 e. The average molecular weight is 299 g/mol. The molecule has 5 heteroatoms. The van der Waals surface area contributed by atoms with Crippen molar-refractivity contribution < 1.29 is 4.52 Å². The van der Waals surface area contributed by atoms with Gasteiger partial charge in [0.2, 0.25) is 0 Å². The summed E-state index contributed by atoms with van der Waals surface area (Å²) >= 11 is 1.47. The summed E-state index contributed by atoms with van der Waals surface area (Å²) in [6.45, 7) is 6.21. The van der Waals surface area contributed by atoms with Gasteiger partial charge >= 0.3 is 0 Å². The van der Waals surface area contributed by atoms with Gasteiger partial charge in [-0.1, -0.05) is 23.4 Å². The molecule has 0 atom stereocenters. The van der Waals surface area contributed by atoms with E-state index >= 15 is 0 Å². The van der Waals surface area contributed by atoms with Crippen molar-refractivity contribution >= 4 is 16.3 Å².